The molecule has 0 radical (unpaired) electrons. The van der Waals surface area contributed by atoms with Crippen molar-refractivity contribution >= 4 is 50.7 Å². The Bertz CT molecular complexity index is 1140. The Morgan fingerprint density at radius 1 is 1.31 bits per heavy atom. The third kappa shape index (κ3) is 3.69. The number of thiophene rings is 1. The van der Waals surface area contributed by atoms with Gasteiger partial charge in [0.05, 0.1) is 22.1 Å². The molecule has 0 aliphatic heterocycles. The SMILES string of the molecule is Cc1nn(C(C)C(=O)Nc2c(C(N)=O)sc3nc(C(F)F)cc(C)c23)c(C)c1Cl. The predicted molar refractivity (Wildman–Crippen MR) is 108 cm³/mol. The van der Waals surface area contributed by atoms with Crippen molar-refractivity contribution in [1.82, 2.24) is 14.8 Å². The number of fused-ring (bicyclic) bond motifs is 1. The summed E-state index contributed by atoms with van der Waals surface area (Å²) in [5.74, 6) is -1.25. The van der Waals surface area contributed by atoms with Crippen LogP contribution in [0.4, 0.5) is 14.5 Å². The summed E-state index contributed by atoms with van der Waals surface area (Å²) in [6.07, 6.45) is -2.76. The van der Waals surface area contributed by atoms with E-state index in [0.29, 0.717) is 27.4 Å². The van der Waals surface area contributed by atoms with Gasteiger partial charge in [0.15, 0.2) is 0 Å². The quantitative estimate of drug-likeness (QED) is 0.615. The molecule has 7 nitrogen and oxygen atoms in total. The highest BCUT2D eigenvalue weighted by Gasteiger charge is 2.26. The van der Waals surface area contributed by atoms with E-state index in [1.165, 1.54) is 10.7 Å². The van der Waals surface area contributed by atoms with Gasteiger partial charge in [-0.3, -0.25) is 14.3 Å². The molecule has 0 fully saturated rings. The van der Waals surface area contributed by atoms with Gasteiger partial charge in [-0.25, -0.2) is 13.8 Å². The second-order valence-corrected chi connectivity index (χ2v) is 7.99. The van der Waals surface area contributed by atoms with Crippen LogP contribution >= 0.6 is 22.9 Å². The van der Waals surface area contributed by atoms with Crippen LogP contribution in [-0.4, -0.2) is 26.6 Å². The monoisotopic (exact) mass is 441 g/mol. The van der Waals surface area contributed by atoms with Crippen molar-refractivity contribution in [3.63, 3.8) is 0 Å². The fourth-order valence-electron chi connectivity index (χ4n) is 3.07. The Hall–Kier alpha value is -2.59. The van der Waals surface area contributed by atoms with Gasteiger partial charge >= 0.3 is 0 Å². The van der Waals surface area contributed by atoms with E-state index in [0.717, 1.165) is 11.3 Å². The molecule has 0 aliphatic rings. The molecule has 0 spiro atoms. The summed E-state index contributed by atoms with van der Waals surface area (Å²) in [7, 11) is 0. The molecule has 0 aliphatic carbocycles. The van der Waals surface area contributed by atoms with Crippen LogP contribution in [0.1, 0.15) is 51.7 Å². The Kier molecular flexibility index (Phi) is 5.59. The van der Waals surface area contributed by atoms with Crippen LogP contribution in [0.15, 0.2) is 6.07 Å². The molecule has 154 valence electrons. The fourth-order valence-corrected chi connectivity index (χ4v) is 4.26. The van der Waals surface area contributed by atoms with E-state index in [-0.39, 0.29) is 15.4 Å². The summed E-state index contributed by atoms with van der Waals surface area (Å²) in [6.45, 7) is 6.70. The number of alkyl halides is 2. The lowest BCUT2D eigenvalue weighted by molar-refractivity contribution is -0.119. The minimum absolute atomic E-state index is 0.0361. The zero-order valence-corrected chi connectivity index (χ0v) is 17.6. The number of hydrogen-bond acceptors (Lipinski definition) is 5. The number of rotatable bonds is 5. The van der Waals surface area contributed by atoms with Gasteiger partial charge in [0.2, 0.25) is 5.91 Å². The number of carbonyl (C=O) groups is 2. The number of carbonyl (C=O) groups excluding carboxylic acids is 2. The average Bonchev–Trinajstić information content (AvgIpc) is 3.14. The highest BCUT2D eigenvalue weighted by atomic mass is 35.5. The molecule has 0 bridgehead atoms. The summed E-state index contributed by atoms with van der Waals surface area (Å²) in [5, 5.41) is 7.83. The van der Waals surface area contributed by atoms with E-state index in [2.05, 4.69) is 15.4 Å². The van der Waals surface area contributed by atoms with Crippen LogP contribution in [0.25, 0.3) is 10.2 Å². The second kappa shape index (κ2) is 7.68. The zero-order valence-electron chi connectivity index (χ0n) is 16.0. The third-order valence-electron chi connectivity index (χ3n) is 4.56. The van der Waals surface area contributed by atoms with E-state index in [4.69, 9.17) is 17.3 Å². The summed E-state index contributed by atoms with van der Waals surface area (Å²) in [5.41, 5.74) is 6.86. The Morgan fingerprint density at radius 3 is 2.48 bits per heavy atom. The summed E-state index contributed by atoms with van der Waals surface area (Å²) >= 11 is 7.01. The number of pyridine rings is 1. The predicted octanol–water partition coefficient (Wildman–Crippen LogP) is 4.31. The number of nitrogens with two attached hydrogens (primary N) is 1. The van der Waals surface area contributed by atoms with Crippen LogP contribution in [0.2, 0.25) is 5.02 Å². The average molecular weight is 442 g/mol. The number of aromatic nitrogens is 3. The first kappa shape index (κ1) is 21.1. The standard InChI is InChI=1S/C18H18ClF2N5O2S/c1-6-5-10(15(20)21)23-18-11(6)13(14(29-18)16(22)27)24-17(28)9(4)26-8(3)12(19)7(2)25-26/h5,9,15H,1-4H3,(H2,22,27)(H,24,28). The Labute approximate surface area is 173 Å². The number of nitrogens with one attached hydrogen (secondary N) is 1. The molecule has 3 heterocycles. The summed E-state index contributed by atoms with van der Waals surface area (Å²) < 4.78 is 27.6. The van der Waals surface area contributed by atoms with Crippen molar-refractivity contribution in [2.75, 3.05) is 5.32 Å². The number of nitrogens with zero attached hydrogens (tertiary/aromatic N) is 3. The first-order valence-electron chi connectivity index (χ1n) is 8.57. The van der Waals surface area contributed by atoms with E-state index >= 15 is 0 Å². The molecule has 3 aromatic heterocycles. The number of primary amides is 1. The minimum Gasteiger partial charge on any atom is -0.365 e. The molecule has 3 aromatic rings. The van der Waals surface area contributed by atoms with Gasteiger partial charge in [-0.05, 0) is 39.3 Å². The number of amides is 2. The van der Waals surface area contributed by atoms with E-state index in [9.17, 15) is 18.4 Å². The molecule has 3 rings (SSSR count). The molecule has 1 unspecified atom stereocenters. The van der Waals surface area contributed by atoms with Gasteiger partial charge in [0, 0.05) is 5.39 Å². The Morgan fingerprint density at radius 2 is 1.97 bits per heavy atom. The minimum atomic E-state index is -2.76. The number of anilines is 1. The molecule has 0 saturated heterocycles. The van der Waals surface area contributed by atoms with Crippen molar-refractivity contribution in [1.29, 1.82) is 0 Å². The van der Waals surface area contributed by atoms with Crippen LogP contribution < -0.4 is 11.1 Å². The van der Waals surface area contributed by atoms with E-state index in [1.807, 2.05) is 0 Å². The molecule has 0 saturated carbocycles. The van der Waals surface area contributed by atoms with Crippen LogP contribution in [-0.2, 0) is 4.79 Å². The van der Waals surface area contributed by atoms with Crippen molar-refractivity contribution in [2.24, 2.45) is 5.73 Å². The Balaban J connectivity index is 2.06. The number of halogens is 3. The van der Waals surface area contributed by atoms with Gasteiger partial charge < -0.3 is 11.1 Å². The van der Waals surface area contributed by atoms with Gasteiger partial charge in [-0.2, -0.15) is 5.10 Å². The van der Waals surface area contributed by atoms with Crippen molar-refractivity contribution in [3.8, 4) is 0 Å². The molecule has 0 aromatic carbocycles. The second-order valence-electron chi connectivity index (χ2n) is 6.61. The highest BCUT2D eigenvalue weighted by molar-refractivity contribution is 7.21. The number of hydrogen-bond donors (Lipinski definition) is 2. The topological polar surface area (TPSA) is 103 Å². The maximum atomic E-state index is 13.1. The number of aryl methyl sites for hydroxylation is 2. The lowest BCUT2D eigenvalue weighted by Gasteiger charge is -2.15. The highest BCUT2D eigenvalue weighted by Crippen LogP contribution is 2.38. The molecule has 2 amide bonds. The molecule has 29 heavy (non-hydrogen) atoms. The van der Waals surface area contributed by atoms with Crippen molar-refractivity contribution < 1.29 is 18.4 Å². The first-order chi connectivity index (χ1) is 13.5. The van der Waals surface area contributed by atoms with Crippen LogP contribution in [0.5, 0.6) is 0 Å². The van der Waals surface area contributed by atoms with Crippen molar-refractivity contribution in [3.05, 3.63) is 38.6 Å². The fraction of sp³-hybridized carbons (Fsp3) is 0.333. The first-order valence-corrected chi connectivity index (χ1v) is 9.76. The lowest BCUT2D eigenvalue weighted by atomic mass is 10.1. The van der Waals surface area contributed by atoms with Gasteiger partial charge in [0.1, 0.15) is 21.4 Å². The largest absolute Gasteiger partial charge is 0.365 e. The molecule has 3 N–H and O–H groups in total. The molecule has 1 atom stereocenters. The van der Waals surface area contributed by atoms with Gasteiger partial charge in [-0.15, -0.1) is 11.3 Å². The molecule has 11 heteroatoms. The van der Waals surface area contributed by atoms with E-state index < -0.39 is 30.0 Å². The van der Waals surface area contributed by atoms with Crippen molar-refractivity contribution in [2.45, 2.75) is 40.2 Å². The smallest absolute Gasteiger partial charge is 0.280 e. The maximum absolute atomic E-state index is 13.1. The molecular weight excluding hydrogens is 424 g/mol. The zero-order chi connectivity index (χ0) is 21.6. The normalized spacial score (nSPS) is 12.6. The van der Waals surface area contributed by atoms with Crippen LogP contribution in [0, 0.1) is 20.8 Å². The maximum Gasteiger partial charge on any atom is 0.280 e. The van der Waals surface area contributed by atoms with E-state index in [1.54, 1.807) is 27.7 Å². The van der Waals surface area contributed by atoms with Crippen LogP contribution in [0.3, 0.4) is 0 Å². The van der Waals surface area contributed by atoms with Gasteiger partial charge in [-0.1, -0.05) is 11.6 Å². The lowest BCUT2D eigenvalue weighted by Crippen LogP contribution is -2.26. The summed E-state index contributed by atoms with van der Waals surface area (Å²) in [4.78, 5) is 29.0. The van der Waals surface area contributed by atoms with Gasteiger partial charge in [0.25, 0.3) is 12.3 Å². The summed E-state index contributed by atoms with van der Waals surface area (Å²) in [6, 6.07) is 0.482. The third-order valence-corrected chi connectivity index (χ3v) is 6.20. The molecular formula is C18H18ClF2N5O2S.